The van der Waals surface area contributed by atoms with E-state index in [-0.39, 0.29) is 5.92 Å². The minimum atomic E-state index is 0.181. The molecule has 1 N–H and O–H groups in total. The van der Waals surface area contributed by atoms with Gasteiger partial charge in [0.25, 0.3) is 0 Å². The van der Waals surface area contributed by atoms with E-state index in [2.05, 4.69) is 33.0 Å². The highest BCUT2D eigenvalue weighted by molar-refractivity contribution is 5.79. The van der Waals surface area contributed by atoms with Gasteiger partial charge < -0.3 is 10.2 Å². The van der Waals surface area contributed by atoms with Crippen molar-refractivity contribution in [2.75, 3.05) is 19.6 Å². The van der Waals surface area contributed by atoms with Crippen molar-refractivity contribution < 1.29 is 4.79 Å². The molecule has 0 saturated carbocycles. The highest BCUT2D eigenvalue weighted by atomic mass is 16.2. The number of nitrogens with one attached hydrogen (secondary N) is 1. The molecule has 0 bridgehead atoms. The van der Waals surface area contributed by atoms with E-state index in [0.717, 1.165) is 26.1 Å². The van der Waals surface area contributed by atoms with Crippen molar-refractivity contribution in [1.82, 2.24) is 10.2 Å². The summed E-state index contributed by atoms with van der Waals surface area (Å²) in [6.45, 7) is 11.3. The first-order valence-corrected chi connectivity index (χ1v) is 6.09. The van der Waals surface area contributed by atoms with Crippen LogP contribution < -0.4 is 5.32 Å². The zero-order valence-corrected chi connectivity index (χ0v) is 10.4. The summed E-state index contributed by atoms with van der Waals surface area (Å²) in [5, 5.41) is 3.23. The molecule has 1 saturated heterocycles. The van der Waals surface area contributed by atoms with Crippen molar-refractivity contribution in [3.63, 3.8) is 0 Å². The van der Waals surface area contributed by atoms with E-state index in [1.54, 1.807) is 0 Å². The van der Waals surface area contributed by atoms with Gasteiger partial charge in [-0.25, -0.2) is 0 Å². The van der Waals surface area contributed by atoms with Crippen molar-refractivity contribution in [3.05, 3.63) is 0 Å². The maximum Gasteiger partial charge on any atom is 0.226 e. The number of nitrogens with zero attached hydrogens (tertiary/aromatic N) is 1. The molecule has 3 heteroatoms. The van der Waals surface area contributed by atoms with E-state index in [1.807, 2.05) is 4.90 Å². The maximum absolute atomic E-state index is 12.2. The maximum atomic E-state index is 12.2. The number of hydrogen-bond acceptors (Lipinski definition) is 2. The Bertz CT molecular complexity index is 212. The third-order valence-electron chi connectivity index (χ3n) is 3.28. The molecule has 0 aromatic heterocycles. The summed E-state index contributed by atoms with van der Waals surface area (Å²) in [6.07, 6.45) is 1.04. The fraction of sp³-hybridized carbons (Fsp3) is 0.917. The second kappa shape index (κ2) is 5.50. The Labute approximate surface area is 93.2 Å². The number of hydrogen-bond donors (Lipinski definition) is 1. The van der Waals surface area contributed by atoms with Gasteiger partial charge in [0.1, 0.15) is 0 Å². The molecule has 88 valence electrons. The zero-order valence-electron chi connectivity index (χ0n) is 10.4. The summed E-state index contributed by atoms with van der Waals surface area (Å²) >= 11 is 0. The monoisotopic (exact) mass is 212 g/mol. The van der Waals surface area contributed by atoms with Gasteiger partial charge in [-0.3, -0.25) is 4.79 Å². The molecule has 1 fully saturated rings. The van der Waals surface area contributed by atoms with E-state index in [1.165, 1.54) is 0 Å². The second-order valence-corrected chi connectivity index (χ2v) is 4.83. The van der Waals surface area contributed by atoms with E-state index >= 15 is 0 Å². The highest BCUT2D eigenvalue weighted by Gasteiger charge is 2.31. The lowest BCUT2D eigenvalue weighted by molar-refractivity contribution is -0.139. The molecule has 0 spiro atoms. The predicted molar refractivity (Wildman–Crippen MR) is 62.7 cm³/mol. The zero-order chi connectivity index (χ0) is 11.4. The van der Waals surface area contributed by atoms with Crippen molar-refractivity contribution >= 4 is 5.91 Å². The molecule has 15 heavy (non-hydrogen) atoms. The van der Waals surface area contributed by atoms with Crippen LogP contribution in [0.5, 0.6) is 0 Å². The number of carbonyl (C=O) groups excluding carboxylic acids is 1. The Morgan fingerprint density at radius 3 is 2.33 bits per heavy atom. The molecule has 1 aliphatic rings. The van der Waals surface area contributed by atoms with Crippen LogP contribution in [0.4, 0.5) is 0 Å². The third-order valence-corrected chi connectivity index (χ3v) is 3.28. The summed E-state index contributed by atoms with van der Waals surface area (Å²) in [6, 6.07) is 0.327. The van der Waals surface area contributed by atoms with E-state index in [0.29, 0.717) is 17.9 Å². The largest absolute Gasteiger partial charge is 0.340 e. The normalized spacial score (nSPS) is 18.7. The van der Waals surface area contributed by atoms with E-state index in [9.17, 15) is 4.79 Å². The van der Waals surface area contributed by atoms with Gasteiger partial charge in [-0.15, -0.1) is 0 Å². The third kappa shape index (κ3) is 2.94. The first kappa shape index (κ1) is 12.5. The highest BCUT2D eigenvalue weighted by Crippen LogP contribution is 2.19. The standard InChI is InChI=1S/C12H24N2O/c1-5-6-14(9(2)3)12(15)10(4)11-7-13-8-11/h9-11,13H,5-8H2,1-4H3. The van der Waals surface area contributed by atoms with Crippen molar-refractivity contribution in [1.29, 1.82) is 0 Å². The second-order valence-electron chi connectivity index (χ2n) is 4.83. The molecule has 1 aliphatic heterocycles. The van der Waals surface area contributed by atoms with Gasteiger partial charge in [-0.2, -0.15) is 0 Å². The Hall–Kier alpha value is -0.570. The topological polar surface area (TPSA) is 32.3 Å². The summed E-state index contributed by atoms with van der Waals surface area (Å²) in [4.78, 5) is 14.2. The van der Waals surface area contributed by atoms with Crippen molar-refractivity contribution in [2.45, 2.75) is 40.2 Å². The molecular weight excluding hydrogens is 188 g/mol. The lowest BCUT2D eigenvalue weighted by Crippen LogP contribution is -2.51. The first-order valence-electron chi connectivity index (χ1n) is 6.09. The van der Waals surface area contributed by atoms with Crippen LogP contribution in [-0.2, 0) is 4.79 Å². The first-order chi connectivity index (χ1) is 7.07. The molecule has 1 atom stereocenters. The van der Waals surface area contributed by atoms with Gasteiger partial charge in [0.2, 0.25) is 5.91 Å². The Morgan fingerprint density at radius 1 is 1.40 bits per heavy atom. The quantitative estimate of drug-likeness (QED) is 0.749. The molecule has 0 aromatic rings. The summed E-state index contributed by atoms with van der Waals surface area (Å²) in [5.74, 6) is 1.06. The Morgan fingerprint density at radius 2 is 2.00 bits per heavy atom. The van der Waals surface area contributed by atoms with Crippen molar-refractivity contribution in [3.8, 4) is 0 Å². The van der Waals surface area contributed by atoms with Gasteiger partial charge in [0.05, 0.1) is 0 Å². The number of carbonyl (C=O) groups is 1. The van der Waals surface area contributed by atoms with E-state index < -0.39 is 0 Å². The van der Waals surface area contributed by atoms with Crippen LogP contribution in [0.25, 0.3) is 0 Å². The Balaban J connectivity index is 2.53. The summed E-state index contributed by atoms with van der Waals surface area (Å²) in [7, 11) is 0. The predicted octanol–water partition coefficient (Wildman–Crippen LogP) is 1.49. The molecule has 1 rings (SSSR count). The van der Waals surface area contributed by atoms with Crippen LogP contribution in [0, 0.1) is 11.8 Å². The van der Waals surface area contributed by atoms with Gasteiger partial charge in [-0.05, 0) is 39.3 Å². The molecule has 1 amide bonds. The minimum absolute atomic E-state index is 0.181. The molecule has 1 heterocycles. The molecule has 1 unspecified atom stereocenters. The van der Waals surface area contributed by atoms with Gasteiger partial charge in [0, 0.05) is 18.5 Å². The van der Waals surface area contributed by atoms with Gasteiger partial charge >= 0.3 is 0 Å². The van der Waals surface area contributed by atoms with Crippen LogP contribution in [0.15, 0.2) is 0 Å². The molecule has 0 aromatic carbocycles. The van der Waals surface area contributed by atoms with Crippen molar-refractivity contribution in [2.24, 2.45) is 11.8 Å². The molecule has 0 aliphatic carbocycles. The van der Waals surface area contributed by atoms with Crippen LogP contribution >= 0.6 is 0 Å². The SMILES string of the molecule is CCCN(C(=O)C(C)C1CNC1)C(C)C. The van der Waals surface area contributed by atoms with Crippen LogP contribution in [-0.4, -0.2) is 36.5 Å². The average molecular weight is 212 g/mol. The molecular formula is C12H24N2O. The number of rotatable bonds is 5. The number of amides is 1. The van der Waals surface area contributed by atoms with Crippen LogP contribution in [0.1, 0.15) is 34.1 Å². The summed E-state index contributed by atoms with van der Waals surface area (Å²) in [5.41, 5.74) is 0. The Kier molecular flexibility index (Phi) is 4.58. The van der Waals surface area contributed by atoms with Crippen LogP contribution in [0.3, 0.4) is 0 Å². The smallest absolute Gasteiger partial charge is 0.226 e. The molecule has 0 radical (unpaired) electrons. The van der Waals surface area contributed by atoms with E-state index in [4.69, 9.17) is 0 Å². The van der Waals surface area contributed by atoms with Gasteiger partial charge in [-0.1, -0.05) is 13.8 Å². The van der Waals surface area contributed by atoms with Gasteiger partial charge in [0.15, 0.2) is 0 Å². The fourth-order valence-corrected chi connectivity index (χ4v) is 1.99. The average Bonchev–Trinajstić information content (AvgIpc) is 2.09. The van der Waals surface area contributed by atoms with Crippen LogP contribution in [0.2, 0.25) is 0 Å². The summed E-state index contributed by atoms with van der Waals surface area (Å²) < 4.78 is 0. The lowest BCUT2D eigenvalue weighted by Gasteiger charge is -2.36. The lowest BCUT2D eigenvalue weighted by atomic mass is 9.87. The molecule has 3 nitrogen and oxygen atoms in total. The minimum Gasteiger partial charge on any atom is -0.340 e. The fourth-order valence-electron chi connectivity index (χ4n) is 1.99.